The third-order valence-corrected chi connectivity index (χ3v) is 4.36. The molecule has 0 aliphatic heterocycles. The molecule has 0 aliphatic carbocycles. The number of ether oxygens (including phenoxy) is 1. The summed E-state index contributed by atoms with van der Waals surface area (Å²) in [4.78, 5) is 20.4. The van der Waals surface area contributed by atoms with Crippen molar-refractivity contribution in [2.24, 2.45) is 5.73 Å². The Morgan fingerprint density at radius 1 is 0.889 bits per heavy atom. The van der Waals surface area contributed by atoms with E-state index in [4.69, 9.17) is 15.6 Å². The van der Waals surface area contributed by atoms with Crippen molar-refractivity contribution in [1.82, 2.24) is 0 Å². The molecule has 0 bridgehead atoms. The number of carbonyl (C=O) groups excluding carboxylic acids is 1. The average molecular weight is 515 g/mol. The number of aromatic carboxylic acids is 1. The highest BCUT2D eigenvalue weighted by Gasteiger charge is 2.36. The van der Waals surface area contributed by atoms with Crippen LogP contribution in [0.5, 0.6) is 5.75 Å². The minimum atomic E-state index is -4.92. The van der Waals surface area contributed by atoms with Gasteiger partial charge in [-0.25, -0.2) is 4.79 Å². The number of rotatable bonds is 5. The highest BCUT2D eigenvalue weighted by molar-refractivity contribution is 5.87. The lowest BCUT2D eigenvalue weighted by molar-refractivity contribution is -0.143. The maximum atomic E-state index is 12.2. The van der Waals surface area contributed by atoms with Gasteiger partial charge in [-0.2, -0.15) is 26.3 Å². The van der Waals surface area contributed by atoms with Crippen LogP contribution in [0.4, 0.5) is 26.3 Å². The van der Waals surface area contributed by atoms with Crippen molar-refractivity contribution in [3.8, 4) is 5.75 Å². The number of alkyl halides is 6. The molecule has 0 radical (unpaired) electrons. The topological polar surface area (TPSA) is 89.6 Å². The third kappa shape index (κ3) is 10.6. The van der Waals surface area contributed by atoms with Crippen LogP contribution in [0.1, 0.15) is 37.4 Å². The maximum absolute atomic E-state index is 12.2. The first-order valence-corrected chi connectivity index (χ1v) is 10.2. The molecule has 3 aromatic carbocycles. The Balaban J connectivity index is 0.000000283. The second-order valence-electron chi connectivity index (χ2n) is 7.01. The van der Waals surface area contributed by atoms with E-state index >= 15 is 0 Å². The van der Waals surface area contributed by atoms with E-state index in [9.17, 15) is 35.9 Å². The summed E-state index contributed by atoms with van der Waals surface area (Å²) in [7, 11) is 1.66. The Kier molecular flexibility index (Phi) is 11.6. The summed E-state index contributed by atoms with van der Waals surface area (Å²) in [5.74, 6) is 0.0152. The quantitative estimate of drug-likeness (QED) is 0.316. The molecule has 11 heteroatoms. The molecule has 5 nitrogen and oxygen atoms in total. The van der Waals surface area contributed by atoms with Crippen molar-refractivity contribution in [3.05, 3.63) is 101 Å². The van der Waals surface area contributed by atoms with E-state index < -0.39 is 35.0 Å². The number of nitrogens with two attached hydrogens (primary N) is 1. The number of aldehydes is 1. The normalized spacial score (nSPS) is 10.8. The van der Waals surface area contributed by atoms with Gasteiger partial charge in [0.05, 0.1) is 23.8 Å². The van der Waals surface area contributed by atoms with E-state index in [0.717, 1.165) is 12.2 Å². The first kappa shape index (κ1) is 30.2. The summed E-state index contributed by atoms with van der Waals surface area (Å²) in [5, 5.41) is 8.38. The Bertz CT molecular complexity index is 1070. The molecule has 0 atom stereocenters. The highest BCUT2D eigenvalue weighted by Crippen LogP contribution is 2.35. The lowest BCUT2D eigenvalue weighted by atomic mass is 10.1. The molecule has 0 saturated heterocycles. The van der Waals surface area contributed by atoms with Gasteiger partial charge in [0.1, 0.15) is 12.0 Å². The first-order chi connectivity index (χ1) is 16.8. The summed E-state index contributed by atoms with van der Waals surface area (Å²) in [6, 6.07) is 17.0. The zero-order valence-corrected chi connectivity index (χ0v) is 18.9. The van der Waals surface area contributed by atoms with Gasteiger partial charge < -0.3 is 15.6 Å². The summed E-state index contributed by atoms with van der Waals surface area (Å²) in [6.45, 7) is 0.701. The molecule has 0 aliphatic rings. The van der Waals surface area contributed by atoms with Crippen LogP contribution >= 0.6 is 0 Å². The maximum Gasteiger partial charge on any atom is 0.416 e. The Labute approximate surface area is 203 Å². The van der Waals surface area contributed by atoms with Crippen LogP contribution in [0.2, 0.25) is 0 Å². The van der Waals surface area contributed by atoms with Crippen molar-refractivity contribution in [2.75, 3.05) is 13.7 Å². The van der Waals surface area contributed by atoms with Gasteiger partial charge in [0, 0.05) is 5.56 Å². The lowest BCUT2D eigenvalue weighted by Gasteiger charge is -2.12. The molecule has 3 aromatic rings. The third-order valence-electron chi connectivity index (χ3n) is 4.36. The van der Waals surface area contributed by atoms with E-state index in [1.807, 2.05) is 24.3 Å². The van der Waals surface area contributed by atoms with Crippen LogP contribution in [0.15, 0.2) is 72.8 Å². The van der Waals surface area contributed by atoms with Crippen LogP contribution in [0.3, 0.4) is 0 Å². The number of carbonyl (C=O) groups is 2. The largest absolute Gasteiger partial charge is 0.497 e. The zero-order chi connectivity index (χ0) is 27.4. The van der Waals surface area contributed by atoms with Crippen LogP contribution in [-0.4, -0.2) is 31.0 Å². The van der Waals surface area contributed by atoms with Crippen molar-refractivity contribution < 1.29 is 45.8 Å². The number of benzene rings is 3. The summed E-state index contributed by atoms with van der Waals surface area (Å²) >= 11 is 0. The summed E-state index contributed by atoms with van der Waals surface area (Å²) in [5.41, 5.74) is 3.33. The van der Waals surface area contributed by atoms with Gasteiger partial charge in [0.2, 0.25) is 0 Å². The van der Waals surface area contributed by atoms with Gasteiger partial charge in [-0.15, -0.1) is 0 Å². The molecule has 194 valence electrons. The molecule has 0 saturated carbocycles. The van der Waals surface area contributed by atoms with Crippen molar-refractivity contribution in [3.63, 3.8) is 0 Å². The number of halogens is 6. The minimum Gasteiger partial charge on any atom is -0.497 e. The van der Waals surface area contributed by atoms with Crippen LogP contribution in [0.25, 0.3) is 0 Å². The SMILES string of the molecule is COc1ccc(CCN)cc1.O=C(O)c1ccccc1.O=Cc1cc(C(F)(F)F)cc(C(F)(F)F)c1. The van der Waals surface area contributed by atoms with Gasteiger partial charge in [0.15, 0.2) is 0 Å². The van der Waals surface area contributed by atoms with E-state index in [2.05, 4.69) is 0 Å². The molecule has 0 heterocycles. The highest BCUT2D eigenvalue weighted by atomic mass is 19.4. The van der Waals surface area contributed by atoms with Crippen molar-refractivity contribution in [1.29, 1.82) is 0 Å². The van der Waals surface area contributed by atoms with E-state index in [1.54, 1.807) is 37.4 Å². The zero-order valence-electron chi connectivity index (χ0n) is 18.9. The average Bonchev–Trinajstić information content (AvgIpc) is 2.84. The Morgan fingerprint density at radius 3 is 1.72 bits per heavy atom. The van der Waals surface area contributed by atoms with E-state index in [-0.39, 0.29) is 12.4 Å². The van der Waals surface area contributed by atoms with E-state index in [1.165, 1.54) is 5.56 Å². The van der Waals surface area contributed by atoms with Gasteiger partial charge in [-0.1, -0.05) is 30.3 Å². The molecule has 0 amide bonds. The van der Waals surface area contributed by atoms with Crippen LogP contribution in [-0.2, 0) is 18.8 Å². The fraction of sp³-hybridized carbons (Fsp3) is 0.200. The Morgan fingerprint density at radius 2 is 1.39 bits per heavy atom. The molecular weight excluding hydrogens is 492 g/mol. The van der Waals surface area contributed by atoms with Gasteiger partial charge in [-0.3, -0.25) is 4.79 Å². The second-order valence-corrected chi connectivity index (χ2v) is 7.01. The molecule has 36 heavy (non-hydrogen) atoms. The van der Waals surface area contributed by atoms with Gasteiger partial charge >= 0.3 is 18.3 Å². The van der Waals surface area contributed by atoms with Gasteiger partial charge in [0.25, 0.3) is 0 Å². The number of hydrogen-bond donors (Lipinski definition) is 2. The van der Waals surface area contributed by atoms with Crippen LogP contribution in [0, 0.1) is 0 Å². The predicted octanol–water partition coefficient (Wildman–Crippen LogP) is 6.12. The molecular formula is C25H23F6NO4. The van der Waals surface area contributed by atoms with E-state index in [0.29, 0.717) is 24.2 Å². The standard InChI is InChI=1S/C9H4F6O.C9H13NO.C7H6O2/c10-8(11,12)6-1-5(4-16)2-7(3-6)9(13,14)15;1-11-9-4-2-8(3-5-9)6-7-10;8-7(9)6-4-2-1-3-5-6/h1-4H;2-5H,6-7,10H2,1H3;1-5H,(H,8,9). The van der Waals surface area contributed by atoms with Crippen LogP contribution < -0.4 is 10.5 Å². The minimum absolute atomic E-state index is 0.0347. The van der Waals surface area contributed by atoms with Gasteiger partial charge in [-0.05, 0) is 61.0 Å². The van der Waals surface area contributed by atoms with Crippen molar-refractivity contribution >= 4 is 12.3 Å². The number of methoxy groups -OCH3 is 1. The molecule has 0 aromatic heterocycles. The molecule has 0 unspecified atom stereocenters. The smallest absolute Gasteiger partial charge is 0.416 e. The molecule has 0 fully saturated rings. The number of carboxylic acids is 1. The first-order valence-electron chi connectivity index (χ1n) is 10.2. The fourth-order valence-electron chi connectivity index (χ4n) is 2.59. The molecule has 3 rings (SSSR count). The predicted molar refractivity (Wildman–Crippen MR) is 121 cm³/mol. The lowest BCUT2D eigenvalue weighted by Crippen LogP contribution is -2.11. The molecule has 0 spiro atoms. The Hall–Kier alpha value is -3.86. The number of carboxylic acid groups (broad SMARTS) is 1. The summed E-state index contributed by atoms with van der Waals surface area (Å²) in [6.07, 6.45) is -8.97. The number of hydrogen-bond acceptors (Lipinski definition) is 4. The molecule has 3 N–H and O–H groups in total. The monoisotopic (exact) mass is 515 g/mol. The second kappa shape index (κ2) is 13.9. The fourth-order valence-corrected chi connectivity index (χ4v) is 2.59. The summed E-state index contributed by atoms with van der Waals surface area (Å²) < 4.78 is 78.2. The van der Waals surface area contributed by atoms with Crippen molar-refractivity contribution in [2.45, 2.75) is 18.8 Å².